The zero-order valence-corrected chi connectivity index (χ0v) is 17.5. The van der Waals surface area contributed by atoms with Crippen molar-refractivity contribution in [3.8, 4) is 5.69 Å². The van der Waals surface area contributed by atoms with Crippen LogP contribution in [0.4, 0.5) is 5.69 Å². The van der Waals surface area contributed by atoms with Gasteiger partial charge in [0.15, 0.2) is 0 Å². The number of anilines is 1. The molecule has 0 fully saturated rings. The fraction of sp³-hybridized carbons (Fsp3) is 0.263. The number of likely N-dealkylation sites (N-methyl/N-ethyl adjacent to an activating group) is 1. The number of carbonyl (C=O) groups excluding carboxylic acids is 1. The Balaban J connectivity index is 1.68. The molecule has 0 unspecified atom stereocenters. The average Bonchev–Trinajstić information content (AvgIpc) is 2.99. The summed E-state index contributed by atoms with van der Waals surface area (Å²) in [6, 6.07) is 13.2. The number of rotatable bonds is 6. The molecule has 0 saturated carbocycles. The summed E-state index contributed by atoms with van der Waals surface area (Å²) >= 11 is 11.6. The van der Waals surface area contributed by atoms with Gasteiger partial charge in [-0.1, -0.05) is 35.9 Å². The quantitative estimate of drug-likeness (QED) is 0.622. The van der Waals surface area contributed by atoms with Gasteiger partial charge < -0.3 is 5.32 Å². The molecule has 0 atom stereocenters. The number of benzene rings is 2. The van der Waals surface area contributed by atoms with Crippen LogP contribution in [0, 0.1) is 18.6 Å². The van der Waals surface area contributed by atoms with Crippen molar-refractivity contribution in [2.24, 2.45) is 0 Å². The topological polar surface area (TPSA) is 68.0 Å². The summed E-state index contributed by atoms with van der Waals surface area (Å²) in [4.78, 5) is 14.1. The SMILES string of the molecule is Cc1ccc(C)c(-n2nnn(CN(C)CC(=O)Nc3ccccc3Cl)c2=S)c1. The maximum absolute atomic E-state index is 12.3. The maximum atomic E-state index is 12.3. The van der Waals surface area contributed by atoms with E-state index in [0.717, 1.165) is 16.8 Å². The smallest absolute Gasteiger partial charge is 0.238 e. The zero-order valence-electron chi connectivity index (χ0n) is 15.9. The van der Waals surface area contributed by atoms with Crippen molar-refractivity contribution < 1.29 is 4.79 Å². The normalized spacial score (nSPS) is 11.0. The van der Waals surface area contributed by atoms with Gasteiger partial charge in [-0.15, -0.1) is 0 Å². The summed E-state index contributed by atoms with van der Waals surface area (Å²) in [7, 11) is 1.81. The summed E-state index contributed by atoms with van der Waals surface area (Å²) in [6.07, 6.45) is 0. The number of nitrogens with one attached hydrogen (secondary N) is 1. The Morgan fingerprint density at radius 3 is 2.71 bits per heavy atom. The number of hydrogen-bond donors (Lipinski definition) is 1. The second-order valence-corrected chi connectivity index (χ2v) is 7.42. The summed E-state index contributed by atoms with van der Waals surface area (Å²) < 4.78 is 3.68. The van der Waals surface area contributed by atoms with Gasteiger partial charge in [-0.05, 0) is 72.9 Å². The van der Waals surface area contributed by atoms with Crippen LogP contribution >= 0.6 is 23.8 Å². The molecule has 0 radical (unpaired) electrons. The molecule has 0 bridgehead atoms. The van der Waals surface area contributed by atoms with Crippen LogP contribution in [-0.4, -0.2) is 44.2 Å². The van der Waals surface area contributed by atoms with E-state index < -0.39 is 0 Å². The number of halogens is 1. The van der Waals surface area contributed by atoms with Crippen LogP contribution in [0.25, 0.3) is 5.69 Å². The van der Waals surface area contributed by atoms with Gasteiger partial charge in [-0.2, -0.15) is 4.68 Å². The van der Waals surface area contributed by atoms with E-state index in [1.54, 1.807) is 26.4 Å². The highest BCUT2D eigenvalue weighted by Gasteiger charge is 2.13. The minimum atomic E-state index is -0.177. The maximum Gasteiger partial charge on any atom is 0.238 e. The van der Waals surface area contributed by atoms with E-state index in [4.69, 9.17) is 23.8 Å². The average molecular weight is 417 g/mol. The Morgan fingerprint density at radius 2 is 1.96 bits per heavy atom. The standard InChI is InChI=1S/C19H21ClN6OS/c1-13-8-9-14(2)17(10-13)26-19(28)25(22-23-26)12-24(3)11-18(27)21-16-7-5-4-6-15(16)20/h4-10H,11-12H2,1-3H3,(H,21,27). The Hall–Kier alpha value is -2.55. The molecule has 3 aromatic rings. The third-order valence-corrected chi connectivity index (χ3v) is 4.88. The van der Waals surface area contributed by atoms with E-state index in [2.05, 4.69) is 15.7 Å². The van der Waals surface area contributed by atoms with Crippen molar-refractivity contribution in [3.63, 3.8) is 0 Å². The number of amides is 1. The van der Waals surface area contributed by atoms with Crippen LogP contribution in [-0.2, 0) is 11.5 Å². The molecule has 0 aliphatic carbocycles. The van der Waals surface area contributed by atoms with Crippen molar-refractivity contribution in [2.75, 3.05) is 18.9 Å². The first-order valence-electron chi connectivity index (χ1n) is 8.68. The molecule has 28 heavy (non-hydrogen) atoms. The van der Waals surface area contributed by atoms with E-state index in [9.17, 15) is 4.79 Å². The van der Waals surface area contributed by atoms with Crippen LogP contribution in [0.2, 0.25) is 5.02 Å². The lowest BCUT2D eigenvalue weighted by molar-refractivity contribution is -0.117. The molecule has 7 nitrogen and oxygen atoms in total. The van der Waals surface area contributed by atoms with Crippen molar-refractivity contribution >= 4 is 35.4 Å². The number of aryl methyl sites for hydroxylation is 2. The highest BCUT2D eigenvalue weighted by atomic mass is 35.5. The molecule has 2 aromatic carbocycles. The van der Waals surface area contributed by atoms with Crippen LogP contribution in [0.15, 0.2) is 42.5 Å². The van der Waals surface area contributed by atoms with Crippen LogP contribution < -0.4 is 5.32 Å². The molecule has 1 aromatic heterocycles. The summed E-state index contributed by atoms with van der Waals surface area (Å²) in [5.41, 5.74) is 3.65. The third-order valence-electron chi connectivity index (χ3n) is 4.17. The van der Waals surface area contributed by atoms with Crippen LogP contribution in [0.3, 0.4) is 0 Å². The molecule has 1 amide bonds. The molecule has 0 spiro atoms. The lowest BCUT2D eigenvalue weighted by Crippen LogP contribution is -2.32. The van der Waals surface area contributed by atoms with Gasteiger partial charge in [0.2, 0.25) is 10.7 Å². The van der Waals surface area contributed by atoms with Gasteiger partial charge in [0.1, 0.15) is 0 Å². The summed E-state index contributed by atoms with van der Waals surface area (Å²) in [6.45, 7) is 4.51. The first-order valence-corrected chi connectivity index (χ1v) is 9.47. The zero-order chi connectivity index (χ0) is 20.3. The van der Waals surface area contributed by atoms with Crippen LogP contribution in [0.1, 0.15) is 11.1 Å². The van der Waals surface area contributed by atoms with Crippen molar-refractivity contribution in [1.29, 1.82) is 0 Å². The molecule has 0 saturated heterocycles. The van der Waals surface area contributed by atoms with Crippen LogP contribution in [0.5, 0.6) is 0 Å². The monoisotopic (exact) mass is 416 g/mol. The minimum absolute atomic E-state index is 0.156. The van der Waals surface area contributed by atoms with E-state index >= 15 is 0 Å². The van der Waals surface area contributed by atoms with Crippen molar-refractivity contribution in [2.45, 2.75) is 20.5 Å². The second kappa shape index (κ2) is 8.64. The molecule has 0 aliphatic rings. The summed E-state index contributed by atoms with van der Waals surface area (Å²) in [5.74, 6) is -0.177. The predicted molar refractivity (Wildman–Crippen MR) is 112 cm³/mol. The Morgan fingerprint density at radius 1 is 1.21 bits per heavy atom. The van der Waals surface area contributed by atoms with Gasteiger partial charge in [0, 0.05) is 0 Å². The molecule has 1 N–H and O–H groups in total. The lowest BCUT2D eigenvalue weighted by atomic mass is 10.1. The molecule has 0 aliphatic heterocycles. The fourth-order valence-electron chi connectivity index (χ4n) is 2.74. The number of nitrogens with zero attached hydrogens (tertiary/aromatic N) is 5. The Bertz CT molecular complexity index is 1060. The van der Waals surface area contributed by atoms with E-state index in [1.807, 2.05) is 51.2 Å². The fourth-order valence-corrected chi connectivity index (χ4v) is 3.15. The molecule has 3 rings (SSSR count). The number of carbonyl (C=O) groups is 1. The first-order chi connectivity index (χ1) is 13.3. The number of tetrazole rings is 1. The molecule has 9 heteroatoms. The van der Waals surface area contributed by atoms with E-state index in [-0.39, 0.29) is 12.5 Å². The first kappa shape index (κ1) is 20.2. The van der Waals surface area contributed by atoms with Crippen molar-refractivity contribution in [3.05, 3.63) is 63.4 Å². The van der Waals surface area contributed by atoms with Gasteiger partial charge in [-0.25, -0.2) is 4.68 Å². The molecule has 1 heterocycles. The highest BCUT2D eigenvalue weighted by molar-refractivity contribution is 7.71. The number of para-hydroxylation sites is 1. The van der Waals surface area contributed by atoms with Crippen molar-refractivity contribution in [1.82, 2.24) is 24.7 Å². The van der Waals surface area contributed by atoms with Gasteiger partial charge in [-0.3, -0.25) is 9.69 Å². The minimum Gasteiger partial charge on any atom is -0.324 e. The largest absolute Gasteiger partial charge is 0.324 e. The molecular formula is C19H21ClN6OS. The number of hydrogen-bond acceptors (Lipinski definition) is 5. The molecular weight excluding hydrogens is 396 g/mol. The predicted octanol–water partition coefficient (Wildman–Crippen LogP) is 3.60. The lowest BCUT2D eigenvalue weighted by Gasteiger charge is -2.16. The van der Waals surface area contributed by atoms with Gasteiger partial charge >= 0.3 is 0 Å². The van der Waals surface area contributed by atoms with Gasteiger partial charge in [0.05, 0.1) is 29.6 Å². The molecule has 146 valence electrons. The third kappa shape index (κ3) is 4.64. The Kier molecular flexibility index (Phi) is 6.23. The van der Waals surface area contributed by atoms with Gasteiger partial charge in [0.25, 0.3) is 0 Å². The summed E-state index contributed by atoms with van der Waals surface area (Å²) in [5, 5.41) is 11.6. The Labute approximate surface area is 173 Å². The highest BCUT2D eigenvalue weighted by Crippen LogP contribution is 2.20. The number of aromatic nitrogens is 4. The second-order valence-electron chi connectivity index (χ2n) is 6.65. The van der Waals surface area contributed by atoms with E-state index in [0.29, 0.717) is 22.1 Å². The van der Waals surface area contributed by atoms with E-state index in [1.165, 1.54) is 0 Å².